The Kier molecular flexibility index (Phi) is 7.92. The molecule has 0 aliphatic heterocycles. The molecule has 0 aromatic heterocycles. The van der Waals surface area contributed by atoms with Gasteiger partial charge < -0.3 is 5.11 Å². The van der Waals surface area contributed by atoms with E-state index in [0.29, 0.717) is 17.3 Å². The van der Waals surface area contributed by atoms with Crippen LogP contribution in [0.1, 0.15) is 131 Å². The van der Waals surface area contributed by atoms with Gasteiger partial charge in [-0.25, -0.2) is 0 Å². The van der Waals surface area contributed by atoms with E-state index in [1.807, 2.05) is 0 Å². The summed E-state index contributed by atoms with van der Waals surface area (Å²) in [5.41, 5.74) is 1.17. The molecule has 4 saturated carbocycles. The van der Waals surface area contributed by atoms with Crippen LogP contribution < -0.4 is 0 Å². The monoisotopic (exact) mass is 458 g/mol. The second-order valence-corrected chi connectivity index (χ2v) is 14.1. The minimum atomic E-state index is -0.620. The van der Waals surface area contributed by atoms with E-state index in [4.69, 9.17) is 5.11 Å². The molecule has 4 fully saturated rings. The third kappa shape index (κ3) is 5.06. The summed E-state index contributed by atoms with van der Waals surface area (Å²) in [6, 6.07) is 0. The molecule has 0 saturated heterocycles. The smallest absolute Gasteiger partial charge is 0.303 e. The van der Waals surface area contributed by atoms with Crippen LogP contribution in [0.25, 0.3) is 0 Å². The van der Waals surface area contributed by atoms with E-state index in [-0.39, 0.29) is 0 Å². The predicted octanol–water partition coefficient (Wildman–Crippen LogP) is 8.98. The first-order valence-corrected chi connectivity index (χ1v) is 14.9. The van der Waals surface area contributed by atoms with Gasteiger partial charge in [-0.3, -0.25) is 4.79 Å². The van der Waals surface area contributed by atoms with Crippen molar-refractivity contribution in [2.75, 3.05) is 0 Å². The van der Waals surface area contributed by atoms with Crippen molar-refractivity contribution in [3.05, 3.63) is 0 Å². The fourth-order valence-corrected chi connectivity index (χ4v) is 10.2. The molecule has 5 unspecified atom stereocenters. The van der Waals surface area contributed by atoms with E-state index in [0.717, 1.165) is 60.2 Å². The van der Waals surface area contributed by atoms with Crippen molar-refractivity contribution in [1.29, 1.82) is 0 Å². The number of hydrogen-bond acceptors (Lipinski definition) is 1. The van der Waals surface area contributed by atoms with Crippen molar-refractivity contribution in [3.8, 4) is 0 Å². The van der Waals surface area contributed by atoms with E-state index < -0.39 is 5.97 Å². The first-order valence-electron chi connectivity index (χ1n) is 14.9. The number of hydrogen-bond donors (Lipinski definition) is 1. The van der Waals surface area contributed by atoms with Gasteiger partial charge in [0, 0.05) is 6.42 Å². The van der Waals surface area contributed by atoms with E-state index >= 15 is 0 Å². The van der Waals surface area contributed by atoms with Crippen molar-refractivity contribution in [2.24, 2.45) is 58.2 Å². The second-order valence-electron chi connectivity index (χ2n) is 14.1. The highest BCUT2D eigenvalue weighted by Crippen LogP contribution is 2.68. The van der Waals surface area contributed by atoms with Crippen LogP contribution in [0.5, 0.6) is 0 Å². The fourth-order valence-electron chi connectivity index (χ4n) is 10.2. The Bertz CT molecular complexity index is 670. The van der Waals surface area contributed by atoms with Gasteiger partial charge >= 0.3 is 5.97 Å². The lowest BCUT2D eigenvalue weighted by Crippen LogP contribution is -2.53. The topological polar surface area (TPSA) is 37.3 Å². The Balaban J connectivity index is 1.38. The normalized spacial score (nSPS) is 43.6. The average molecular weight is 459 g/mol. The second kappa shape index (κ2) is 10.2. The van der Waals surface area contributed by atoms with Gasteiger partial charge in [-0.15, -0.1) is 0 Å². The molecule has 4 aliphatic rings. The molecule has 4 aliphatic carbocycles. The molecule has 2 heteroatoms. The minimum absolute atomic E-state index is 0.362. The molecule has 0 spiro atoms. The molecule has 190 valence electrons. The van der Waals surface area contributed by atoms with Crippen molar-refractivity contribution in [2.45, 2.75) is 131 Å². The highest BCUT2D eigenvalue weighted by Gasteiger charge is 2.60. The maximum absolute atomic E-state index is 10.9. The maximum Gasteiger partial charge on any atom is 0.303 e. The minimum Gasteiger partial charge on any atom is -0.481 e. The van der Waals surface area contributed by atoms with E-state index in [9.17, 15) is 4.79 Å². The summed E-state index contributed by atoms with van der Waals surface area (Å²) in [5, 5.41) is 9.01. The first-order chi connectivity index (χ1) is 15.6. The number of aliphatic carboxylic acids is 1. The lowest BCUT2D eigenvalue weighted by Gasteiger charge is -2.61. The van der Waals surface area contributed by atoms with Crippen molar-refractivity contribution < 1.29 is 9.90 Å². The average Bonchev–Trinajstić information content (AvgIpc) is 3.10. The molecular weight excluding hydrogens is 404 g/mol. The van der Waals surface area contributed by atoms with Gasteiger partial charge in [-0.2, -0.15) is 0 Å². The summed E-state index contributed by atoms with van der Waals surface area (Å²) >= 11 is 0. The fraction of sp³-hybridized carbons (Fsp3) is 0.968. The lowest BCUT2D eigenvalue weighted by atomic mass is 9.44. The van der Waals surface area contributed by atoms with Crippen molar-refractivity contribution in [3.63, 3.8) is 0 Å². The van der Waals surface area contributed by atoms with Crippen LogP contribution in [-0.4, -0.2) is 11.1 Å². The third-order valence-corrected chi connectivity index (χ3v) is 12.0. The number of fused-ring (bicyclic) bond motifs is 5. The van der Waals surface area contributed by atoms with Crippen LogP contribution in [0, 0.1) is 58.2 Å². The van der Waals surface area contributed by atoms with Crippen molar-refractivity contribution in [1.82, 2.24) is 0 Å². The van der Waals surface area contributed by atoms with Crippen LogP contribution in [0.15, 0.2) is 0 Å². The summed E-state index contributed by atoms with van der Waals surface area (Å²) < 4.78 is 0. The summed E-state index contributed by atoms with van der Waals surface area (Å²) in [5.74, 6) is 6.72. The largest absolute Gasteiger partial charge is 0.481 e. The van der Waals surface area contributed by atoms with Gasteiger partial charge in [0.25, 0.3) is 0 Å². The SMILES string of the molecule is CC(C)CCC[C@@H](C)[C@H]1CCC2C3CCC4CC(CCCC(=O)O)CC[C@]4(C)C3CC[C@@]21C. The molecule has 0 aromatic carbocycles. The molecule has 0 heterocycles. The van der Waals surface area contributed by atoms with E-state index in [2.05, 4.69) is 34.6 Å². The van der Waals surface area contributed by atoms with Gasteiger partial charge in [0.05, 0.1) is 0 Å². The van der Waals surface area contributed by atoms with Gasteiger partial charge in [0.15, 0.2) is 0 Å². The Hall–Kier alpha value is -0.530. The summed E-state index contributed by atoms with van der Waals surface area (Å²) in [4.78, 5) is 10.9. The van der Waals surface area contributed by atoms with Crippen LogP contribution in [-0.2, 0) is 4.79 Å². The van der Waals surface area contributed by atoms with E-state index in [1.54, 1.807) is 0 Å². The standard InChI is InChI=1S/C31H54O2/c1-21(2)8-6-9-22(3)26-14-15-27-25-13-12-24-20-23(10-7-11-29(32)33)16-18-30(24,4)28(25)17-19-31(26,27)5/h21-28H,6-20H2,1-5H3,(H,32,33)/t22-,23?,24?,25?,26-,27?,28?,30+,31-/m1/s1. The summed E-state index contributed by atoms with van der Waals surface area (Å²) in [7, 11) is 0. The number of carbonyl (C=O) groups is 1. The quantitative estimate of drug-likeness (QED) is 0.374. The third-order valence-electron chi connectivity index (χ3n) is 12.0. The zero-order valence-electron chi connectivity index (χ0n) is 22.6. The Morgan fingerprint density at radius 2 is 1.61 bits per heavy atom. The molecule has 0 bridgehead atoms. The number of carboxylic acids is 1. The Labute approximate surface area is 205 Å². The Morgan fingerprint density at radius 1 is 0.879 bits per heavy atom. The molecule has 9 atom stereocenters. The van der Waals surface area contributed by atoms with Gasteiger partial charge in [0.2, 0.25) is 0 Å². The summed E-state index contributed by atoms with van der Waals surface area (Å²) in [6.45, 7) is 12.7. The van der Waals surface area contributed by atoms with E-state index in [1.165, 1.54) is 77.0 Å². The number of carboxylic acid groups (broad SMARTS) is 1. The molecular formula is C31H54O2. The van der Waals surface area contributed by atoms with Gasteiger partial charge in [-0.1, -0.05) is 53.9 Å². The molecule has 33 heavy (non-hydrogen) atoms. The van der Waals surface area contributed by atoms with Crippen LogP contribution in [0.4, 0.5) is 0 Å². The molecule has 0 radical (unpaired) electrons. The first kappa shape index (κ1) is 25.6. The highest BCUT2D eigenvalue weighted by atomic mass is 16.4. The zero-order valence-corrected chi connectivity index (χ0v) is 22.6. The Morgan fingerprint density at radius 3 is 2.33 bits per heavy atom. The predicted molar refractivity (Wildman–Crippen MR) is 138 cm³/mol. The van der Waals surface area contributed by atoms with Crippen LogP contribution in [0.2, 0.25) is 0 Å². The molecule has 4 rings (SSSR count). The van der Waals surface area contributed by atoms with Crippen LogP contribution in [0.3, 0.4) is 0 Å². The molecule has 2 nitrogen and oxygen atoms in total. The molecule has 1 N–H and O–H groups in total. The zero-order chi connectivity index (χ0) is 23.8. The molecule has 0 amide bonds. The summed E-state index contributed by atoms with van der Waals surface area (Å²) in [6.07, 6.45) is 19.7. The maximum atomic E-state index is 10.9. The van der Waals surface area contributed by atoms with Gasteiger partial charge in [-0.05, 0) is 129 Å². The highest BCUT2D eigenvalue weighted by molar-refractivity contribution is 5.66. The van der Waals surface area contributed by atoms with Crippen molar-refractivity contribution >= 4 is 5.97 Å². The van der Waals surface area contributed by atoms with Crippen LogP contribution >= 0.6 is 0 Å². The lowest BCUT2D eigenvalue weighted by molar-refractivity contribution is -0.137. The molecule has 0 aromatic rings. The van der Waals surface area contributed by atoms with Gasteiger partial charge in [0.1, 0.15) is 0 Å². The number of rotatable bonds is 9.